The molecule has 0 atom stereocenters. The Hall–Kier alpha value is -2.43. The summed E-state index contributed by atoms with van der Waals surface area (Å²) in [5.41, 5.74) is 4.89. The Morgan fingerprint density at radius 2 is 2.06 bits per heavy atom. The molecule has 92 valence electrons. The lowest BCUT2D eigenvalue weighted by molar-refractivity contribution is 0.0949. The molecule has 1 N–H and O–H groups in total. The number of amides is 1. The lowest BCUT2D eigenvalue weighted by atomic mass is 10.2. The van der Waals surface area contributed by atoms with E-state index in [4.69, 9.17) is 0 Å². The van der Waals surface area contributed by atoms with Gasteiger partial charge in [-0.3, -0.25) is 9.48 Å². The minimum atomic E-state index is -0.320. The second-order valence-electron chi connectivity index (χ2n) is 3.98. The van der Waals surface area contributed by atoms with Gasteiger partial charge in [-0.2, -0.15) is 10.2 Å². The van der Waals surface area contributed by atoms with Gasteiger partial charge in [0.25, 0.3) is 5.91 Å². The van der Waals surface area contributed by atoms with Crippen molar-refractivity contribution in [1.82, 2.24) is 15.2 Å². The third kappa shape index (κ3) is 3.04. The number of nitrogens with one attached hydrogen (secondary N) is 1. The van der Waals surface area contributed by atoms with Crippen LogP contribution in [0.15, 0.2) is 41.6 Å². The van der Waals surface area contributed by atoms with Crippen LogP contribution in [0, 0.1) is 6.92 Å². The lowest BCUT2D eigenvalue weighted by Crippen LogP contribution is -2.18. The Morgan fingerprint density at radius 3 is 2.67 bits per heavy atom. The highest BCUT2D eigenvalue weighted by Gasteiger charge is 2.06. The van der Waals surface area contributed by atoms with E-state index in [-0.39, 0.29) is 5.91 Å². The normalized spacial score (nSPS) is 10.8. The monoisotopic (exact) mass is 242 g/mol. The quantitative estimate of drug-likeness (QED) is 0.655. The second-order valence-corrected chi connectivity index (χ2v) is 3.98. The van der Waals surface area contributed by atoms with E-state index in [0.717, 1.165) is 5.56 Å². The molecule has 1 amide bonds. The number of nitrogens with zero attached hydrogens (tertiary/aromatic N) is 3. The maximum Gasteiger partial charge on any atom is 0.291 e. The van der Waals surface area contributed by atoms with E-state index in [1.807, 2.05) is 31.2 Å². The summed E-state index contributed by atoms with van der Waals surface area (Å²) in [7, 11) is 1.76. The van der Waals surface area contributed by atoms with Gasteiger partial charge >= 0.3 is 0 Å². The average Bonchev–Trinajstić information content (AvgIpc) is 2.78. The largest absolute Gasteiger partial charge is 0.291 e. The molecule has 5 nitrogen and oxygen atoms in total. The minimum absolute atomic E-state index is 0.320. The van der Waals surface area contributed by atoms with Gasteiger partial charge in [0.15, 0.2) is 5.69 Å². The molecule has 0 saturated carbocycles. The molecule has 0 fully saturated rings. The molecule has 0 aliphatic carbocycles. The minimum Gasteiger partial charge on any atom is -0.275 e. The molecule has 1 aromatic heterocycles. The van der Waals surface area contributed by atoms with Crippen molar-refractivity contribution < 1.29 is 4.79 Å². The number of aryl methyl sites for hydroxylation is 2. The van der Waals surface area contributed by atoms with Gasteiger partial charge in [0.1, 0.15) is 0 Å². The highest BCUT2D eigenvalue weighted by atomic mass is 16.2. The van der Waals surface area contributed by atoms with E-state index >= 15 is 0 Å². The van der Waals surface area contributed by atoms with Crippen LogP contribution in [0.1, 0.15) is 21.6 Å². The van der Waals surface area contributed by atoms with Crippen molar-refractivity contribution in [3.05, 3.63) is 53.3 Å². The third-order valence-electron chi connectivity index (χ3n) is 2.40. The number of hydrazone groups is 1. The number of rotatable bonds is 3. The highest BCUT2D eigenvalue weighted by Crippen LogP contribution is 2.00. The third-order valence-corrected chi connectivity index (χ3v) is 2.40. The first-order valence-electron chi connectivity index (χ1n) is 5.55. The second kappa shape index (κ2) is 5.27. The Kier molecular flexibility index (Phi) is 3.52. The summed E-state index contributed by atoms with van der Waals surface area (Å²) < 4.78 is 1.57. The van der Waals surface area contributed by atoms with Crippen LogP contribution in [0.2, 0.25) is 0 Å². The van der Waals surface area contributed by atoms with Gasteiger partial charge in [-0.05, 0) is 18.6 Å². The highest BCUT2D eigenvalue weighted by molar-refractivity contribution is 5.92. The number of aromatic nitrogens is 2. The standard InChI is InChI=1S/C13H14N4O/c1-10-3-5-11(6-4-10)9-14-15-13(18)12-7-8-17(2)16-12/h3-9H,1-2H3,(H,15,18). The maximum atomic E-state index is 11.6. The van der Waals surface area contributed by atoms with E-state index in [9.17, 15) is 4.79 Å². The van der Waals surface area contributed by atoms with Crippen LogP contribution in [0.4, 0.5) is 0 Å². The number of hydrogen-bond acceptors (Lipinski definition) is 3. The van der Waals surface area contributed by atoms with Gasteiger partial charge in [-0.15, -0.1) is 0 Å². The van der Waals surface area contributed by atoms with Gasteiger partial charge in [0, 0.05) is 13.2 Å². The first-order chi connectivity index (χ1) is 8.65. The fourth-order valence-corrected chi connectivity index (χ4v) is 1.41. The molecular formula is C13H14N4O. The van der Waals surface area contributed by atoms with Crippen LogP contribution >= 0.6 is 0 Å². The smallest absolute Gasteiger partial charge is 0.275 e. The number of hydrogen-bond donors (Lipinski definition) is 1. The number of benzene rings is 1. The van der Waals surface area contributed by atoms with Crippen molar-refractivity contribution >= 4 is 12.1 Å². The topological polar surface area (TPSA) is 59.3 Å². The van der Waals surface area contributed by atoms with Crippen LogP contribution in [-0.2, 0) is 7.05 Å². The maximum absolute atomic E-state index is 11.6. The summed E-state index contributed by atoms with van der Waals surface area (Å²) in [6, 6.07) is 9.48. The van der Waals surface area contributed by atoms with Crippen LogP contribution in [0.3, 0.4) is 0 Å². The molecule has 0 unspecified atom stereocenters. The van der Waals surface area contributed by atoms with Crippen molar-refractivity contribution in [2.24, 2.45) is 12.1 Å². The van der Waals surface area contributed by atoms with Crippen molar-refractivity contribution in [3.8, 4) is 0 Å². The first kappa shape index (κ1) is 12.0. The summed E-state index contributed by atoms with van der Waals surface area (Å²) in [5.74, 6) is -0.320. The van der Waals surface area contributed by atoms with E-state index in [1.165, 1.54) is 5.56 Å². The predicted octanol–water partition coefficient (Wildman–Crippen LogP) is 1.49. The number of carbonyl (C=O) groups excluding carboxylic acids is 1. The summed E-state index contributed by atoms with van der Waals surface area (Å²) in [4.78, 5) is 11.6. The predicted molar refractivity (Wildman–Crippen MR) is 69.4 cm³/mol. The molecule has 0 bridgehead atoms. The summed E-state index contributed by atoms with van der Waals surface area (Å²) >= 11 is 0. The van der Waals surface area contributed by atoms with Crippen LogP contribution < -0.4 is 5.43 Å². The fraction of sp³-hybridized carbons (Fsp3) is 0.154. The Morgan fingerprint density at radius 1 is 1.33 bits per heavy atom. The zero-order valence-corrected chi connectivity index (χ0v) is 10.3. The van der Waals surface area contributed by atoms with Crippen molar-refractivity contribution in [3.63, 3.8) is 0 Å². The van der Waals surface area contributed by atoms with Gasteiger partial charge < -0.3 is 0 Å². The molecule has 5 heteroatoms. The molecule has 2 aromatic rings. The van der Waals surface area contributed by atoms with Crippen molar-refractivity contribution in [2.75, 3.05) is 0 Å². The summed E-state index contributed by atoms with van der Waals surface area (Å²) in [6.07, 6.45) is 3.30. The molecule has 18 heavy (non-hydrogen) atoms. The van der Waals surface area contributed by atoms with Gasteiger partial charge in [0.2, 0.25) is 0 Å². The lowest BCUT2D eigenvalue weighted by Gasteiger charge is -1.96. The SMILES string of the molecule is Cc1ccc(C=NNC(=O)c2ccn(C)n2)cc1. The van der Waals surface area contributed by atoms with Crippen molar-refractivity contribution in [2.45, 2.75) is 6.92 Å². The fourth-order valence-electron chi connectivity index (χ4n) is 1.41. The van der Waals surface area contributed by atoms with Gasteiger partial charge in [0.05, 0.1) is 6.21 Å². The first-order valence-corrected chi connectivity index (χ1v) is 5.55. The van der Waals surface area contributed by atoms with E-state index in [2.05, 4.69) is 15.6 Å². The molecule has 1 aromatic carbocycles. The molecule has 0 aliphatic heterocycles. The molecule has 2 rings (SSSR count). The van der Waals surface area contributed by atoms with Gasteiger partial charge in [-0.25, -0.2) is 5.43 Å². The Balaban J connectivity index is 1.95. The molecule has 0 spiro atoms. The molecular weight excluding hydrogens is 228 g/mol. The molecule has 0 aliphatic rings. The molecule has 0 radical (unpaired) electrons. The average molecular weight is 242 g/mol. The van der Waals surface area contributed by atoms with Gasteiger partial charge in [-0.1, -0.05) is 29.8 Å². The van der Waals surface area contributed by atoms with E-state index in [0.29, 0.717) is 5.69 Å². The molecule has 1 heterocycles. The van der Waals surface area contributed by atoms with E-state index < -0.39 is 0 Å². The Labute approximate surface area is 105 Å². The summed E-state index contributed by atoms with van der Waals surface area (Å²) in [5, 5.41) is 7.86. The molecule has 0 saturated heterocycles. The summed E-state index contributed by atoms with van der Waals surface area (Å²) in [6.45, 7) is 2.02. The number of carbonyl (C=O) groups is 1. The Bertz CT molecular complexity index is 569. The van der Waals surface area contributed by atoms with Crippen LogP contribution in [0.25, 0.3) is 0 Å². The zero-order valence-electron chi connectivity index (χ0n) is 10.3. The zero-order chi connectivity index (χ0) is 13.0. The van der Waals surface area contributed by atoms with Crippen LogP contribution in [0.5, 0.6) is 0 Å². The van der Waals surface area contributed by atoms with E-state index in [1.54, 1.807) is 30.2 Å². The van der Waals surface area contributed by atoms with Crippen molar-refractivity contribution in [1.29, 1.82) is 0 Å². The van der Waals surface area contributed by atoms with Crippen LogP contribution in [-0.4, -0.2) is 21.9 Å².